The van der Waals surface area contributed by atoms with Gasteiger partial charge in [0.1, 0.15) is 5.82 Å². The molecule has 31 heavy (non-hydrogen) atoms. The molecule has 5 rings (SSSR count). The van der Waals surface area contributed by atoms with Gasteiger partial charge in [-0.3, -0.25) is 0 Å². The van der Waals surface area contributed by atoms with Gasteiger partial charge < -0.3 is 10.6 Å². The third-order valence-electron chi connectivity index (χ3n) is 5.37. The first-order valence-corrected chi connectivity index (χ1v) is 11.2. The molecule has 156 valence electrons. The monoisotopic (exact) mass is 431 g/mol. The average Bonchev–Trinajstić information content (AvgIpc) is 3.27. The fraction of sp³-hybridized carbons (Fsp3) is 0.208. The van der Waals surface area contributed by atoms with E-state index in [9.17, 15) is 4.39 Å². The van der Waals surface area contributed by atoms with Gasteiger partial charge in [-0.15, -0.1) is 11.3 Å². The van der Waals surface area contributed by atoms with Gasteiger partial charge in [0, 0.05) is 23.4 Å². The van der Waals surface area contributed by atoms with Crippen molar-refractivity contribution in [3.8, 4) is 21.8 Å². The topological polar surface area (TPSA) is 62.7 Å². The van der Waals surface area contributed by atoms with Gasteiger partial charge in [0.05, 0.1) is 21.3 Å². The summed E-state index contributed by atoms with van der Waals surface area (Å²) in [4.78, 5) is 15.1. The van der Waals surface area contributed by atoms with E-state index >= 15 is 0 Å². The molecule has 0 saturated carbocycles. The molecule has 0 atom stereocenters. The molecular formula is C24H22FN5S. The van der Waals surface area contributed by atoms with E-state index in [0.717, 1.165) is 58.5 Å². The van der Waals surface area contributed by atoms with E-state index < -0.39 is 0 Å². The Balaban J connectivity index is 1.54. The second-order valence-corrected chi connectivity index (χ2v) is 8.55. The lowest BCUT2D eigenvalue weighted by molar-refractivity contribution is 0.459. The van der Waals surface area contributed by atoms with Crippen molar-refractivity contribution in [3.05, 3.63) is 77.7 Å². The Morgan fingerprint density at radius 2 is 1.71 bits per heavy atom. The largest absolute Gasteiger partial charge is 0.324 e. The van der Waals surface area contributed by atoms with Crippen molar-refractivity contribution in [2.75, 3.05) is 18.4 Å². The summed E-state index contributed by atoms with van der Waals surface area (Å²) in [5.74, 6) is 0.712. The summed E-state index contributed by atoms with van der Waals surface area (Å²) in [6.07, 6.45) is 3.90. The fourth-order valence-electron chi connectivity index (χ4n) is 3.75. The number of anilines is 2. The summed E-state index contributed by atoms with van der Waals surface area (Å²) < 4.78 is 13.5. The molecule has 3 heterocycles. The van der Waals surface area contributed by atoms with E-state index in [0.29, 0.717) is 11.9 Å². The van der Waals surface area contributed by atoms with Crippen LogP contribution in [0.5, 0.6) is 0 Å². The Morgan fingerprint density at radius 3 is 2.48 bits per heavy atom. The van der Waals surface area contributed by atoms with Crippen molar-refractivity contribution in [3.63, 3.8) is 0 Å². The first kappa shape index (κ1) is 19.8. The Bertz CT molecular complexity index is 1150. The number of piperidine rings is 1. The molecule has 1 aliphatic heterocycles. The number of benzene rings is 2. The van der Waals surface area contributed by atoms with Crippen LogP contribution in [0.4, 0.5) is 16.0 Å². The van der Waals surface area contributed by atoms with Crippen LogP contribution in [0, 0.1) is 5.82 Å². The number of nitrogens with zero attached hydrogens (tertiary/aromatic N) is 3. The van der Waals surface area contributed by atoms with Gasteiger partial charge >= 0.3 is 0 Å². The first-order valence-electron chi connectivity index (χ1n) is 10.4. The summed E-state index contributed by atoms with van der Waals surface area (Å²) in [6, 6.07) is 18.3. The van der Waals surface area contributed by atoms with Crippen molar-refractivity contribution in [1.82, 2.24) is 20.3 Å². The van der Waals surface area contributed by atoms with Crippen molar-refractivity contribution in [2.45, 2.75) is 18.8 Å². The van der Waals surface area contributed by atoms with Crippen LogP contribution in [0.15, 0.2) is 66.9 Å². The third-order valence-corrected chi connectivity index (χ3v) is 6.61. The standard InChI is InChI=1S/C24H22FN5S/c25-18-8-6-16(7-9-18)21-22(31-23(30-21)17-10-13-26-14-11-17)20-12-15-27-24(29-20)28-19-4-2-1-3-5-19/h1-9,12,15,17,26H,10-11,13-14H2,(H,27,28,29). The SMILES string of the molecule is Fc1ccc(-c2nc(C3CCNCC3)sc2-c2ccnc(Nc3ccccc3)n2)cc1. The Kier molecular flexibility index (Phi) is 5.69. The zero-order valence-corrected chi connectivity index (χ0v) is 17.7. The van der Waals surface area contributed by atoms with Crippen LogP contribution in [0.2, 0.25) is 0 Å². The molecule has 2 aromatic carbocycles. The number of hydrogen-bond acceptors (Lipinski definition) is 6. The molecule has 0 spiro atoms. The second-order valence-electron chi connectivity index (χ2n) is 7.52. The molecule has 2 N–H and O–H groups in total. The van der Waals surface area contributed by atoms with Crippen LogP contribution >= 0.6 is 11.3 Å². The summed E-state index contributed by atoms with van der Waals surface area (Å²) in [6.45, 7) is 2.01. The summed E-state index contributed by atoms with van der Waals surface area (Å²) in [5, 5.41) is 7.79. The van der Waals surface area contributed by atoms with Gasteiger partial charge in [0.15, 0.2) is 0 Å². The highest BCUT2D eigenvalue weighted by atomic mass is 32.1. The second kappa shape index (κ2) is 8.91. The van der Waals surface area contributed by atoms with Gasteiger partial charge in [-0.1, -0.05) is 18.2 Å². The number of para-hydroxylation sites is 1. The quantitative estimate of drug-likeness (QED) is 0.430. The minimum atomic E-state index is -0.254. The Labute approximate surface area is 184 Å². The molecule has 0 aliphatic carbocycles. The van der Waals surface area contributed by atoms with Crippen molar-refractivity contribution < 1.29 is 4.39 Å². The van der Waals surface area contributed by atoms with Crippen molar-refractivity contribution in [2.24, 2.45) is 0 Å². The number of thiazole rings is 1. The Morgan fingerprint density at radius 1 is 0.935 bits per heavy atom. The van der Waals surface area contributed by atoms with Gasteiger partial charge in [-0.05, 0) is 68.4 Å². The number of nitrogens with one attached hydrogen (secondary N) is 2. The van der Waals surface area contributed by atoms with Crippen molar-refractivity contribution >= 4 is 23.0 Å². The molecule has 4 aromatic rings. The molecule has 0 unspecified atom stereocenters. The fourth-order valence-corrected chi connectivity index (χ4v) is 4.98. The van der Waals surface area contributed by atoms with E-state index in [1.54, 1.807) is 29.7 Å². The molecule has 7 heteroatoms. The molecule has 2 aromatic heterocycles. The van der Waals surface area contributed by atoms with Gasteiger partial charge in [-0.2, -0.15) is 0 Å². The minimum absolute atomic E-state index is 0.254. The summed E-state index contributed by atoms with van der Waals surface area (Å²) in [7, 11) is 0. The third kappa shape index (κ3) is 4.47. The zero-order chi connectivity index (χ0) is 21.0. The lowest BCUT2D eigenvalue weighted by Gasteiger charge is -2.20. The van der Waals surface area contributed by atoms with E-state index in [1.807, 2.05) is 36.4 Å². The molecule has 0 amide bonds. The van der Waals surface area contributed by atoms with E-state index in [2.05, 4.69) is 15.6 Å². The minimum Gasteiger partial charge on any atom is -0.324 e. The van der Waals surface area contributed by atoms with Gasteiger partial charge in [0.2, 0.25) is 5.95 Å². The number of halogens is 1. The molecule has 1 fully saturated rings. The van der Waals surface area contributed by atoms with Crippen LogP contribution in [-0.4, -0.2) is 28.0 Å². The molecular weight excluding hydrogens is 409 g/mol. The molecule has 1 saturated heterocycles. The summed E-state index contributed by atoms with van der Waals surface area (Å²) >= 11 is 1.68. The van der Waals surface area contributed by atoms with E-state index in [4.69, 9.17) is 9.97 Å². The lowest BCUT2D eigenvalue weighted by Crippen LogP contribution is -2.26. The highest BCUT2D eigenvalue weighted by molar-refractivity contribution is 7.15. The van der Waals surface area contributed by atoms with Crippen LogP contribution in [0.25, 0.3) is 21.8 Å². The summed E-state index contributed by atoms with van der Waals surface area (Å²) in [5.41, 5.74) is 3.48. The van der Waals surface area contributed by atoms with Crippen LogP contribution in [0.3, 0.4) is 0 Å². The molecule has 5 nitrogen and oxygen atoms in total. The Hall–Kier alpha value is -3.16. The number of hydrogen-bond donors (Lipinski definition) is 2. The van der Waals surface area contributed by atoms with E-state index in [1.165, 1.54) is 12.1 Å². The maximum Gasteiger partial charge on any atom is 0.227 e. The molecule has 0 bridgehead atoms. The van der Waals surface area contributed by atoms with Gasteiger partial charge in [0.25, 0.3) is 0 Å². The van der Waals surface area contributed by atoms with Crippen LogP contribution < -0.4 is 10.6 Å². The van der Waals surface area contributed by atoms with Crippen LogP contribution in [0.1, 0.15) is 23.8 Å². The first-order chi connectivity index (χ1) is 15.3. The smallest absolute Gasteiger partial charge is 0.227 e. The number of rotatable bonds is 5. The van der Waals surface area contributed by atoms with E-state index in [-0.39, 0.29) is 5.82 Å². The molecule has 0 radical (unpaired) electrons. The molecule has 1 aliphatic rings. The number of aromatic nitrogens is 3. The maximum atomic E-state index is 13.5. The zero-order valence-electron chi connectivity index (χ0n) is 16.9. The predicted molar refractivity (Wildman–Crippen MR) is 123 cm³/mol. The van der Waals surface area contributed by atoms with Gasteiger partial charge in [-0.25, -0.2) is 19.3 Å². The maximum absolute atomic E-state index is 13.5. The normalized spacial score (nSPS) is 14.5. The van der Waals surface area contributed by atoms with Crippen molar-refractivity contribution in [1.29, 1.82) is 0 Å². The lowest BCUT2D eigenvalue weighted by atomic mass is 9.99. The highest BCUT2D eigenvalue weighted by Crippen LogP contribution is 2.40. The predicted octanol–water partition coefficient (Wildman–Crippen LogP) is 5.62. The highest BCUT2D eigenvalue weighted by Gasteiger charge is 2.23. The van der Waals surface area contributed by atoms with Crippen LogP contribution in [-0.2, 0) is 0 Å². The average molecular weight is 432 g/mol.